The molecule has 4 heteroatoms. The van der Waals surface area contributed by atoms with Gasteiger partial charge in [-0.1, -0.05) is 11.6 Å². The largest absolute Gasteiger partial charge is 0.496 e. The molecular weight excluding hydrogens is 278 g/mol. The molecule has 0 aliphatic carbocycles. The second-order valence-electron chi connectivity index (χ2n) is 5.31. The lowest BCUT2D eigenvalue weighted by atomic mass is 9.96. The van der Waals surface area contributed by atoms with Crippen LogP contribution in [0.4, 0.5) is 0 Å². The standard InChI is InChI=1S/C18H23NO3/c1-12(7-9-17(20)21-4)6-8-15-10-16(11-19)13(2)14(3)18(15)22-5/h6,10H,7-9H2,1-5H3/b12-6+. The van der Waals surface area contributed by atoms with Gasteiger partial charge in [0.15, 0.2) is 0 Å². The van der Waals surface area contributed by atoms with Crippen molar-refractivity contribution in [3.63, 3.8) is 0 Å². The zero-order chi connectivity index (χ0) is 16.7. The van der Waals surface area contributed by atoms with E-state index in [1.807, 2.05) is 26.8 Å². The summed E-state index contributed by atoms with van der Waals surface area (Å²) in [5.74, 6) is 0.622. The van der Waals surface area contributed by atoms with Gasteiger partial charge in [0.1, 0.15) is 5.75 Å². The van der Waals surface area contributed by atoms with Crippen LogP contribution < -0.4 is 4.74 Å². The minimum Gasteiger partial charge on any atom is -0.496 e. The molecule has 22 heavy (non-hydrogen) atoms. The third-order valence-corrected chi connectivity index (χ3v) is 3.86. The van der Waals surface area contributed by atoms with E-state index in [1.165, 1.54) is 7.11 Å². The molecule has 1 aromatic rings. The quantitative estimate of drug-likeness (QED) is 0.594. The number of benzene rings is 1. The van der Waals surface area contributed by atoms with E-state index in [0.29, 0.717) is 24.8 Å². The van der Waals surface area contributed by atoms with E-state index in [9.17, 15) is 10.1 Å². The maximum Gasteiger partial charge on any atom is 0.305 e. The van der Waals surface area contributed by atoms with Crippen LogP contribution in [0.2, 0.25) is 0 Å². The molecule has 0 aliphatic heterocycles. The Morgan fingerprint density at radius 2 is 1.95 bits per heavy atom. The van der Waals surface area contributed by atoms with Crippen molar-refractivity contribution in [2.45, 2.75) is 40.0 Å². The van der Waals surface area contributed by atoms with E-state index in [4.69, 9.17) is 4.74 Å². The van der Waals surface area contributed by atoms with Gasteiger partial charge in [-0.3, -0.25) is 4.79 Å². The predicted octanol–water partition coefficient (Wildman–Crippen LogP) is 3.63. The van der Waals surface area contributed by atoms with Crippen molar-refractivity contribution in [3.05, 3.63) is 40.0 Å². The third-order valence-electron chi connectivity index (χ3n) is 3.86. The molecule has 0 amide bonds. The molecule has 0 bridgehead atoms. The molecule has 0 unspecified atom stereocenters. The molecule has 0 heterocycles. The molecule has 0 fully saturated rings. The average Bonchev–Trinajstić information content (AvgIpc) is 2.53. The van der Waals surface area contributed by atoms with Gasteiger partial charge in [-0.15, -0.1) is 0 Å². The highest BCUT2D eigenvalue weighted by Gasteiger charge is 2.12. The maximum atomic E-state index is 11.2. The predicted molar refractivity (Wildman–Crippen MR) is 85.9 cm³/mol. The second kappa shape index (κ2) is 8.23. The van der Waals surface area contributed by atoms with Crippen molar-refractivity contribution in [2.75, 3.05) is 14.2 Å². The van der Waals surface area contributed by atoms with Crippen LogP contribution in [0, 0.1) is 25.2 Å². The lowest BCUT2D eigenvalue weighted by molar-refractivity contribution is -0.140. The Morgan fingerprint density at radius 3 is 2.50 bits per heavy atom. The molecule has 1 rings (SSSR count). The Morgan fingerprint density at radius 1 is 1.27 bits per heavy atom. The van der Waals surface area contributed by atoms with Crippen LogP contribution in [0.15, 0.2) is 17.7 Å². The van der Waals surface area contributed by atoms with E-state index < -0.39 is 0 Å². The molecule has 0 N–H and O–H groups in total. The Balaban J connectivity index is 2.96. The molecule has 0 radical (unpaired) electrons. The molecule has 118 valence electrons. The molecule has 0 saturated carbocycles. The Labute approximate surface area is 132 Å². The Bertz CT molecular complexity index is 624. The van der Waals surface area contributed by atoms with E-state index in [1.54, 1.807) is 7.11 Å². The highest BCUT2D eigenvalue weighted by atomic mass is 16.5. The number of nitrogens with zero attached hydrogens (tertiary/aromatic N) is 1. The van der Waals surface area contributed by atoms with Crippen molar-refractivity contribution >= 4 is 5.97 Å². The maximum absolute atomic E-state index is 11.2. The van der Waals surface area contributed by atoms with Gasteiger partial charge >= 0.3 is 5.97 Å². The summed E-state index contributed by atoms with van der Waals surface area (Å²) in [7, 11) is 3.04. The fourth-order valence-corrected chi connectivity index (χ4v) is 2.30. The number of methoxy groups -OCH3 is 2. The summed E-state index contributed by atoms with van der Waals surface area (Å²) in [5.41, 5.74) is 4.73. The number of ether oxygens (including phenoxy) is 2. The van der Waals surface area contributed by atoms with Gasteiger partial charge in [0.25, 0.3) is 0 Å². The number of rotatable bonds is 6. The molecule has 0 saturated heterocycles. The van der Waals surface area contributed by atoms with Crippen LogP contribution in [0.25, 0.3) is 0 Å². The SMILES string of the molecule is COC(=O)CC/C(C)=C/Cc1cc(C#N)c(C)c(C)c1OC. The Kier molecular flexibility index (Phi) is 6.65. The number of carbonyl (C=O) groups is 1. The van der Waals surface area contributed by atoms with Gasteiger partial charge in [0, 0.05) is 6.42 Å². The normalized spacial score (nSPS) is 11.0. The first kappa shape index (κ1) is 17.8. The summed E-state index contributed by atoms with van der Waals surface area (Å²) in [4.78, 5) is 11.2. The van der Waals surface area contributed by atoms with Gasteiger partial charge in [0.2, 0.25) is 0 Å². The summed E-state index contributed by atoms with van der Waals surface area (Å²) >= 11 is 0. The molecule has 1 aromatic carbocycles. The van der Waals surface area contributed by atoms with Crippen molar-refractivity contribution in [3.8, 4) is 11.8 Å². The highest BCUT2D eigenvalue weighted by Crippen LogP contribution is 2.29. The summed E-state index contributed by atoms with van der Waals surface area (Å²) < 4.78 is 10.1. The van der Waals surface area contributed by atoms with Crippen molar-refractivity contribution < 1.29 is 14.3 Å². The molecular formula is C18H23NO3. The van der Waals surface area contributed by atoms with Crippen LogP contribution >= 0.6 is 0 Å². The average molecular weight is 301 g/mol. The van der Waals surface area contributed by atoms with E-state index in [-0.39, 0.29) is 5.97 Å². The van der Waals surface area contributed by atoms with Crippen LogP contribution in [0.3, 0.4) is 0 Å². The van der Waals surface area contributed by atoms with Crippen molar-refractivity contribution in [1.29, 1.82) is 5.26 Å². The van der Waals surface area contributed by atoms with Gasteiger partial charge < -0.3 is 9.47 Å². The number of hydrogen-bond donors (Lipinski definition) is 0. The summed E-state index contributed by atoms with van der Waals surface area (Å²) in [6, 6.07) is 4.11. The van der Waals surface area contributed by atoms with Gasteiger partial charge in [-0.05, 0) is 56.4 Å². The first-order chi connectivity index (χ1) is 10.4. The number of allylic oxidation sites excluding steroid dienone is 2. The van der Waals surface area contributed by atoms with Crippen molar-refractivity contribution in [2.24, 2.45) is 0 Å². The third kappa shape index (κ3) is 4.36. The smallest absolute Gasteiger partial charge is 0.305 e. The number of esters is 1. The number of hydrogen-bond acceptors (Lipinski definition) is 4. The summed E-state index contributed by atoms with van der Waals surface area (Å²) in [5, 5.41) is 9.22. The van der Waals surface area contributed by atoms with Gasteiger partial charge in [-0.25, -0.2) is 0 Å². The minimum atomic E-state index is -0.205. The van der Waals surface area contributed by atoms with Crippen molar-refractivity contribution in [1.82, 2.24) is 0 Å². The summed E-state index contributed by atoms with van der Waals surface area (Å²) in [6.07, 6.45) is 3.79. The second-order valence-corrected chi connectivity index (χ2v) is 5.31. The highest BCUT2D eigenvalue weighted by molar-refractivity contribution is 5.69. The molecule has 0 atom stereocenters. The Hall–Kier alpha value is -2.28. The lowest BCUT2D eigenvalue weighted by Gasteiger charge is -2.14. The van der Waals surface area contributed by atoms with Crippen LogP contribution in [-0.2, 0) is 16.0 Å². The van der Waals surface area contributed by atoms with Crippen LogP contribution in [0.5, 0.6) is 5.75 Å². The summed E-state index contributed by atoms with van der Waals surface area (Å²) in [6.45, 7) is 5.88. The fourth-order valence-electron chi connectivity index (χ4n) is 2.30. The lowest BCUT2D eigenvalue weighted by Crippen LogP contribution is -2.01. The van der Waals surface area contributed by atoms with Crippen LogP contribution in [-0.4, -0.2) is 20.2 Å². The number of carbonyl (C=O) groups excluding carboxylic acids is 1. The van der Waals surface area contributed by atoms with E-state index in [0.717, 1.165) is 28.0 Å². The van der Waals surface area contributed by atoms with Crippen LogP contribution in [0.1, 0.15) is 42.0 Å². The molecule has 0 aromatic heterocycles. The molecule has 0 spiro atoms. The zero-order valence-electron chi connectivity index (χ0n) is 13.9. The van der Waals surface area contributed by atoms with Gasteiger partial charge in [-0.2, -0.15) is 5.26 Å². The zero-order valence-corrected chi connectivity index (χ0v) is 13.9. The topological polar surface area (TPSA) is 59.3 Å². The minimum absolute atomic E-state index is 0.205. The van der Waals surface area contributed by atoms with E-state index >= 15 is 0 Å². The van der Waals surface area contributed by atoms with Gasteiger partial charge in [0.05, 0.1) is 25.9 Å². The monoisotopic (exact) mass is 301 g/mol. The van der Waals surface area contributed by atoms with E-state index in [2.05, 4.69) is 16.9 Å². The molecule has 0 aliphatic rings. The first-order valence-electron chi connectivity index (χ1n) is 7.24. The fraction of sp³-hybridized carbons (Fsp3) is 0.444. The first-order valence-corrected chi connectivity index (χ1v) is 7.24. The molecule has 4 nitrogen and oxygen atoms in total. The number of nitriles is 1.